The molecule has 0 bridgehead atoms. The fraction of sp³-hybridized carbons (Fsp3) is 0.769. The van der Waals surface area contributed by atoms with Crippen molar-refractivity contribution in [3.8, 4) is 0 Å². The Morgan fingerprint density at radius 1 is 1.43 bits per heavy atom. The molecule has 3 atom stereocenters. The van der Waals surface area contributed by atoms with Crippen LogP contribution in [0, 0.1) is 0 Å². The van der Waals surface area contributed by atoms with Crippen LogP contribution in [0.1, 0.15) is 33.1 Å². The zero-order valence-corrected chi connectivity index (χ0v) is 12.1. The van der Waals surface area contributed by atoms with E-state index in [2.05, 4.69) is 0 Å². The van der Waals surface area contributed by atoms with Crippen LogP contribution in [0.4, 0.5) is 0 Å². The number of rotatable bonds is 8. The predicted molar refractivity (Wildman–Crippen MR) is 69.9 cm³/mol. The lowest BCUT2D eigenvalue weighted by molar-refractivity contribution is -0.216. The highest BCUT2D eigenvalue weighted by Gasteiger charge is 2.55. The molecule has 0 aromatic heterocycles. The fourth-order valence-corrected chi connectivity index (χ4v) is 2.08. The maximum Gasteiger partial charge on any atom is 0.378 e. The van der Waals surface area contributed by atoms with Gasteiger partial charge in [0.15, 0.2) is 5.76 Å². The molecule has 0 saturated carbocycles. The summed E-state index contributed by atoms with van der Waals surface area (Å²) in [5, 5.41) is 47.8. The summed E-state index contributed by atoms with van der Waals surface area (Å²) in [4.78, 5) is 11.6. The summed E-state index contributed by atoms with van der Waals surface area (Å²) in [6.45, 7) is 1.44. The number of carbonyl (C=O) groups excluding carboxylic acids is 1. The summed E-state index contributed by atoms with van der Waals surface area (Å²) in [6.07, 6.45) is -0.256. The maximum atomic E-state index is 11.6. The number of unbranched alkanes of at least 4 members (excludes halogenated alkanes) is 1. The van der Waals surface area contributed by atoms with Crippen molar-refractivity contribution >= 4 is 5.97 Å². The van der Waals surface area contributed by atoms with Crippen LogP contribution >= 0.6 is 0 Å². The quantitative estimate of drug-likeness (QED) is 0.294. The molecular formula is C13H22O8. The Labute approximate surface area is 122 Å². The van der Waals surface area contributed by atoms with Crippen molar-refractivity contribution in [3.63, 3.8) is 0 Å². The highest BCUT2D eigenvalue weighted by atomic mass is 16.7. The van der Waals surface area contributed by atoms with Crippen LogP contribution < -0.4 is 0 Å². The van der Waals surface area contributed by atoms with E-state index in [0.717, 1.165) is 6.92 Å². The van der Waals surface area contributed by atoms with E-state index in [0.29, 0.717) is 12.8 Å². The maximum absolute atomic E-state index is 11.6. The fourth-order valence-electron chi connectivity index (χ4n) is 2.08. The summed E-state index contributed by atoms with van der Waals surface area (Å²) in [7, 11) is 0. The summed E-state index contributed by atoms with van der Waals surface area (Å²) in [5.41, 5.74) is -1.79. The number of hydrogen-bond acceptors (Lipinski definition) is 8. The molecule has 0 fully saturated rings. The third-order valence-electron chi connectivity index (χ3n) is 3.30. The zero-order valence-electron chi connectivity index (χ0n) is 12.1. The van der Waals surface area contributed by atoms with Crippen molar-refractivity contribution in [1.82, 2.24) is 0 Å². The van der Waals surface area contributed by atoms with Gasteiger partial charge in [-0.25, -0.2) is 4.79 Å². The third-order valence-corrected chi connectivity index (χ3v) is 3.30. The van der Waals surface area contributed by atoms with Crippen LogP contribution in [0.2, 0.25) is 0 Å². The molecule has 8 nitrogen and oxygen atoms in total. The number of hydrogen-bond donors (Lipinski definition) is 5. The van der Waals surface area contributed by atoms with Crippen LogP contribution in [0.3, 0.4) is 0 Å². The van der Waals surface area contributed by atoms with E-state index in [4.69, 9.17) is 14.6 Å². The predicted octanol–water partition coefficient (Wildman–Crippen LogP) is -0.688. The minimum absolute atomic E-state index is 0.0812. The van der Waals surface area contributed by atoms with Crippen molar-refractivity contribution in [2.75, 3.05) is 13.2 Å². The van der Waals surface area contributed by atoms with Gasteiger partial charge in [0.2, 0.25) is 17.1 Å². The lowest BCUT2D eigenvalue weighted by Crippen LogP contribution is -2.49. The summed E-state index contributed by atoms with van der Waals surface area (Å²) >= 11 is 0. The second-order valence-corrected chi connectivity index (χ2v) is 5.19. The van der Waals surface area contributed by atoms with E-state index in [9.17, 15) is 25.2 Å². The number of aliphatic hydroxyl groups excluding tert-OH is 4. The van der Waals surface area contributed by atoms with Gasteiger partial charge in [0.1, 0.15) is 12.7 Å². The number of cyclic esters (lactones) is 1. The molecule has 0 amide bonds. The van der Waals surface area contributed by atoms with Crippen LogP contribution in [0.25, 0.3) is 0 Å². The molecule has 0 aromatic carbocycles. The Morgan fingerprint density at radius 2 is 2.05 bits per heavy atom. The van der Waals surface area contributed by atoms with Crippen LogP contribution in [-0.2, 0) is 14.3 Å². The molecule has 1 aliphatic rings. The number of ether oxygens (including phenoxy) is 2. The molecular weight excluding hydrogens is 284 g/mol. The largest absolute Gasteiger partial charge is 0.499 e. The Kier molecular flexibility index (Phi) is 5.57. The van der Waals surface area contributed by atoms with Gasteiger partial charge < -0.3 is 35.0 Å². The smallest absolute Gasteiger partial charge is 0.378 e. The molecule has 1 aliphatic heterocycles. The van der Waals surface area contributed by atoms with Crippen molar-refractivity contribution in [2.45, 2.75) is 50.6 Å². The molecule has 122 valence electrons. The van der Waals surface area contributed by atoms with E-state index >= 15 is 0 Å². The van der Waals surface area contributed by atoms with Gasteiger partial charge in [0.25, 0.3) is 0 Å². The first-order chi connectivity index (χ1) is 9.74. The van der Waals surface area contributed by atoms with Gasteiger partial charge in [0.05, 0.1) is 6.61 Å². The Balaban J connectivity index is 3.24. The summed E-state index contributed by atoms with van der Waals surface area (Å²) < 4.78 is 10.1. The van der Waals surface area contributed by atoms with Gasteiger partial charge >= 0.3 is 5.97 Å². The molecule has 5 N–H and O–H groups in total. The highest BCUT2D eigenvalue weighted by Crippen LogP contribution is 2.41. The number of esters is 1. The molecule has 1 rings (SSSR count). The number of carbonyl (C=O) groups is 1. The lowest BCUT2D eigenvalue weighted by Gasteiger charge is -2.36. The molecule has 8 heteroatoms. The standard InChI is InChI=1S/C13H22O8/c1-3-4-5-13(8(16)6-14)10(9(17)11(18)21-13)20-12(2,19)7-15/h8,14-17,19H,3-7H2,1-2H3/t8-,12?,13+/m0/s1. The highest BCUT2D eigenvalue weighted by molar-refractivity contribution is 5.90. The molecule has 1 heterocycles. The van der Waals surface area contributed by atoms with Gasteiger partial charge in [-0.3, -0.25) is 0 Å². The SMILES string of the molecule is CCCC[C@]1([C@@H](O)CO)OC(=O)C(O)=C1OC(C)(O)CO. The van der Waals surface area contributed by atoms with Crippen LogP contribution in [-0.4, -0.2) is 62.2 Å². The van der Waals surface area contributed by atoms with Crippen molar-refractivity contribution in [1.29, 1.82) is 0 Å². The first-order valence-electron chi connectivity index (χ1n) is 6.72. The van der Waals surface area contributed by atoms with Gasteiger partial charge in [-0.15, -0.1) is 0 Å². The van der Waals surface area contributed by atoms with Gasteiger partial charge in [-0.2, -0.15) is 0 Å². The molecule has 0 aromatic rings. The second kappa shape index (κ2) is 6.61. The topological polar surface area (TPSA) is 137 Å². The van der Waals surface area contributed by atoms with Gasteiger partial charge in [-0.1, -0.05) is 13.3 Å². The summed E-state index contributed by atoms with van der Waals surface area (Å²) in [6, 6.07) is 0. The van der Waals surface area contributed by atoms with Crippen molar-refractivity contribution in [3.05, 3.63) is 11.5 Å². The molecule has 0 spiro atoms. The minimum atomic E-state index is -2.08. The summed E-state index contributed by atoms with van der Waals surface area (Å²) in [5.74, 6) is -4.58. The van der Waals surface area contributed by atoms with E-state index in [1.807, 2.05) is 6.92 Å². The Hall–Kier alpha value is -1.35. The van der Waals surface area contributed by atoms with Crippen molar-refractivity contribution < 1.29 is 39.8 Å². The van der Waals surface area contributed by atoms with E-state index in [-0.39, 0.29) is 6.42 Å². The van der Waals surface area contributed by atoms with Crippen LogP contribution in [0.5, 0.6) is 0 Å². The van der Waals surface area contributed by atoms with E-state index in [1.165, 1.54) is 0 Å². The van der Waals surface area contributed by atoms with Gasteiger partial charge in [-0.05, 0) is 12.8 Å². The first-order valence-corrected chi connectivity index (χ1v) is 6.72. The lowest BCUT2D eigenvalue weighted by atomic mass is 9.88. The average Bonchev–Trinajstić information content (AvgIpc) is 2.69. The zero-order chi connectivity index (χ0) is 16.3. The van der Waals surface area contributed by atoms with E-state index < -0.39 is 48.2 Å². The normalized spacial score (nSPS) is 26.5. The minimum Gasteiger partial charge on any atom is -0.499 e. The molecule has 21 heavy (non-hydrogen) atoms. The molecule has 0 radical (unpaired) electrons. The average molecular weight is 306 g/mol. The monoisotopic (exact) mass is 306 g/mol. The molecule has 0 saturated heterocycles. The first kappa shape index (κ1) is 17.7. The number of aliphatic hydroxyl groups is 5. The van der Waals surface area contributed by atoms with Crippen LogP contribution in [0.15, 0.2) is 11.5 Å². The van der Waals surface area contributed by atoms with E-state index in [1.54, 1.807) is 0 Å². The third kappa shape index (κ3) is 3.46. The second-order valence-electron chi connectivity index (χ2n) is 5.19. The van der Waals surface area contributed by atoms with Crippen molar-refractivity contribution in [2.24, 2.45) is 0 Å². The molecule has 0 aliphatic carbocycles. The molecule has 1 unspecified atom stereocenters. The van der Waals surface area contributed by atoms with Gasteiger partial charge in [0, 0.05) is 6.92 Å². The Morgan fingerprint density at radius 3 is 2.52 bits per heavy atom. The Bertz CT molecular complexity index is 416.